The van der Waals surface area contributed by atoms with Crippen molar-refractivity contribution in [3.8, 4) is 0 Å². The third-order valence-electron chi connectivity index (χ3n) is 3.06. The van der Waals surface area contributed by atoms with E-state index in [9.17, 15) is 13.6 Å². The summed E-state index contributed by atoms with van der Waals surface area (Å²) in [5, 5.41) is 0. The molecule has 1 aliphatic heterocycles. The Bertz CT molecular complexity index is 526. The largest absolute Gasteiger partial charge is 0.396 e. The molecule has 0 radical (unpaired) electrons. The van der Waals surface area contributed by atoms with Crippen LogP contribution in [0.3, 0.4) is 0 Å². The third-order valence-corrected chi connectivity index (χ3v) is 3.06. The van der Waals surface area contributed by atoms with E-state index in [1.165, 1.54) is 10.5 Å². The van der Waals surface area contributed by atoms with Gasteiger partial charge in [-0.2, -0.15) is 0 Å². The minimum Gasteiger partial charge on any atom is -0.396 e. The van der Waals surface area contributed by atoms with Crippen LogP contribution in [0, 0.1) is 11.6 Å². The smallest absolute Gasteiger partial charge is 0.260 e. The number of benzene rings is 1. The van der Waals surface area contributed by atoms with Crippen LogP contribution in [0.2, 0.25) is 0 Å². The van der Waals surface area contributed by atoms with Gasteiger partial charge in [-0.05, 0) is 25.5 Å². The molecule has 0 fully saturated rings. The molecule has 1 heterocycles. The molecule has 0 aliphatic carbocycles. The Morgan fingerprint density at radius 2 is 2.11 bits per heavy atom. The fourth-order valence-electron chi connectivity index (χ4n) is 1.88. The van der Waals surface area contributed by atoms with Crippen molar-refractivity contribution in [1.29, 1.82) is 0 Å². The molecule has 0 spiro atoms. The van der Waals surface area contributed by atoms with Gasteiger partial charge in [-0.25, -0.2) is 8.78 Å². The van der Waals surface area contributed by atoms with Crippen LogP contribution in [0.15, 0.2) is 23.8 Å². The lowest BCUT2D eigenvalue weighted by molar-refractivity contribution is 0.0759. The predicted molar refractivity (Wildman–Crippen MR) is 65.0 cm³/mol. The summed E-state index contributed by atoms with van der Waals surface area (Å²) in [5.74, 6) is -2.51. The highest BCUT2D eigenvalue weighted by Crippen LogP contribution is 2.21. The quantitative estimate of drug-likeness (QED) is 0.616. The maximum atomic E-state index is 13.7. The van der Waals surface area contributed by atoms with E-state index in [1.54, 1.807) is 0 Å². The Morgan fingerprint density at radius 1 is 1.39 bits per heavy atom. The van der Waals surface area contributed by atoms with Gasteiger partial charge in [-0.3, -0.25) is 4.79 Å². The summed E-state index contributed by atoms with van der Waals surface area (Å²) < 4.78 is 27.3. The van der Waals surface area contributed by atoms with Crippen LogP contribution < -0.4 is 5.73 Å². The second kappa shape index (κ2) is 4.76. The topological polar surface area (TPSA) is 46.3 Å². The fraction of sp³-hybridized carbons (Fsp3) is 0.308. The van der Waals surface area contributed by atoms with Crippen LogP contribution in [0.25, 0.3) is 0 Å². The highest BCUT2D eigenvalue weighted by Gasteiger charge is 2.25. The van der Waals surface area contributed by atoms with Gasteiger partial charge in [-0.15, -0.1) is 0 Å². The number of halogens is 2. The van der Waals surface area contributed by atoms with Crippen molar-refractivity contribution < 1.29 is 13.6 Å². The Labute approximate surface area is 104 Å². The zero-order valence-electron chi connectivity index (χ0n) is 10.0. The molecule has 0 bridgehead atoms. The van der Waals surface area contributed by atoms with Gasteiger partial charge in [0, 0.05) is 13.1 Å². The number of hydrogen-bond acceptors (Lipinski definition) is 2. The average Bonchev–Trinajstić information content (AvgIpc) is 2.35. The molecular formula is C13H14F2N2O. The molecule has 2 rings (SSSR count). The van der Waals surface area contributed by atoms with Crippen molar-refractivity contribution in [2.75, 3.05) is 18.8 Å². The normalized spacial score (nSPS) is 15.5. The van der Waals surface area contributed by atoms with E-state index < -0.39 is 23.1 Å². The van der Waals surface area contributed by atoms with Crippen molar-refractivity contribution in [3.63, 3.8) is 0 Å². The predicted octanol–water partition coefficient (Wildman–Crippen LogP) is 2.34. The Morgan fingerprint density at radius 3 is 2.72 bits per heavy atom. The number of carbonyl (C=O) groups is 1. The van der Waals surface area contributed by atoms with Crippen molar-refractivity contribution in [1.82, 2.24) is 4.90 Å². The van der Waals surface area contributed by atoms with Gasteiger partial charge >= 0.3 is 0 Å². The average molecular weight is 252 g/mol. The first-order valence-corrected chi connectivity index (χ1v) is 5.69. The van der Waals surface area contributed by atoms with E-state index in [4.69, 9.17) is 5.73 Å². The van der Waals surface area contributed by atoms with Crippen molar-refractivity contribution in [2.45, 2.75) is 13.3 Å². The van der Waals surface area contributed by atoms with Gasteiger partial charge in [0.2, 0.25) is 0 Å². The molecule has 3 nitrogen and oxygen atoms in total. The maximum Gasteiger partial charge on any atom is 0.260 e. The van der Waals surface area contributed by atoms with E-state index in [-0.39, 0.29) is 5.69 Å². The van der Waals surface area contributed by atoms with Crippen LogP contribution in [0.4, 0.5) is 14.5 Å². The lowest BCUT2D eigenvalue weighted by Crippen LogP contribution is -2.35. The van der Waals surface area contributed by atoms with E-state index in [1.807, 2.05) is 13.0 Å². The van der Waals surface area contributed by atoms with E-state index in [2.05, 4.69) is 0 Å². The van der Waals surface area contributed by atoms with Crippen molar-refractivity contribution in [3.05, 3.63) is 41.0 Å². The Balaban J connectivity index is 2.32. The first-order chi connectivity index (χ1) is 8.50. The summed E-state index contributed by atoms with van der Waals surface area (Å²) in [6.45, 7) is 2.80. The van der Waals surface area contributed by atoms with Gasteiger partial charge in [0.05, 0.1) is 5.69 Å². The minimum atomic E-state index is -0.980. The number of amides is 1. The number of nitrogen functional groups attached to an aromatic ring is 1. The van der Waals surface area contributed by atoms with E-state index >= 15 is 0 Å². The Kier molecular flexibility index (Phi) is 3.32. The molecule has 96 valence electrons. The molecule has 1 aromatic rings. The number of carbonyl (C=O) groups excluding carboxylic acids is 1. The number of anilines is 1. The molecule has 0 saturated heterocycles. The monoisotopic (exact) mass is 252 g/mol. The molecule has 5 heteroatoms. The standard InChI is InChI=1S/C13H14F2N2O/c1-8-4-6-17(7-5-8)13(18)11-9(14)2-3-10(16)12(11)15/h2-4H,5-7,16H2,1H3. The van der Waals surface area contributed by atoms with Gasteiger partial charge in [0.15, 0.2) is 5.82 Å². The summed E-state index contributed by atoms with van der Waals surface area (Å²) >= 11 is 0. The third kappa shape index (κ3) is 2.20. The molecule has 0 aromatic heterocycles. The summed E-state index contributed by atoms with van der Waals surface area (Å²) in [7, 11) is 0. The zero-order valence-corrected chi connectivity index (χ0v) is 10.0. The molecule has 2 N–H and O–H groups in total. The molecular weight excluding hydrogens is 238 g/mol. The number of nitrogens with zero attached hydrogens (tertiary/aromatic N) is 1. The fourth-order valence-corrected chi connectivity index (χ4v) is 1.88. The van der Waals surface area contributed by atoms with Gasteiger partial charge in [-0.1, -0.05) is 11.6 Å². The molecule has 0 saturated carbocycles. The lowest BCUT2D eigenvalue weighted by Gasteiger charge is -2.26. The second-order valence-corrected chi connectivity index (χ2v) is 4.38. The van der Waals surface area contributed by atoms with Crippen LogP contribution >= 0.6 is 0 Å². The van der Waals surface area contributed by atoms with E-state index in [0.717, 1.165) is 18.6 Å². The zero-order chi connectivity index (χ0) is 13.3. The van der Waals surface area contributed by atoms with Crippen molar-refractivity contribution in [2.24, 2.45) is 0 Å². The minimum absolute atomic E-state index is 0.219. The van der Waals surface area contributed by atoms with Gasteiger partial charge in [0.1, 0.15) is 11.4 Å². The molecule has 1 amide bonds. The van der Waals surface area contributed by atoms with Gasteiger partial charge in [0.25, 0.3) is 5.91 Å². The maximum absolute atomic E-state index is 13.7. The summed E-state index contributed by atoms with van der Waals surface area (Å²) in [5.41, 5.74) is 5.74. The van der Waals surface area contributed by atoms with Crippen LogP contribution in [-0.4, -0.2) is 23.9 Å². The van der Waals surface area contributed by atoms with Gasteiger partial charge < -0.3 is 10.6 Å². The molecule has 0 unspecified atom stereocenters. The second-order valence-electron chi connectivity index (χ2n) is 4.38. The van der Waals surface area contributed by atoms with E-state index in [0.29, 0.717) is 13.1 Å². The molecule has 18 heavy (non-hydrogen) atoms. The summed E-state index contributed by atoms with van der Waals surface area (Å²) in [4.78, 5) is 13.5. The number of hydrogen-bond donors (Lipinski definition) is 1. The lowest BCUT2D eigenvalue weighted by atomic mass is 10.1. The summed E-state index contributed by atoms with van der Waals surface area (Å²) in [6, 6.07) is 2.12. The SMILES string of the molecule is CC1=CCN(C(=O)c2c(F)ccc(N)c2F)CC1. The first kappa shape index (κ1) is 12.5. The van der Waals surface area contributed by atoms with Crippen LogP contribution in [0.5, 0.6) is 0 Å². The molecule has 0 atom stereocenters. The highest BCUT2D eigenvalue weighted by atomic mass is 19.1. The molecule has 1 aromatic carbocycles. The molecule has 1 aliphatic rings. The van der Waals surface area contributed by atoms with Crippen LogP contribution in [0.1, 0.15) is 23.7 Å². The highest BCUT2D eigenvalue weighted by molar-refractivity contribution is 5.96. The summed E-state index contributed by atoms with van der Waals surface area (Å²) in [6.07, 6.45) is 2.60. The number of rotatable bonds is 1. The number of nitrogens with two attached hydrogens (primary N) is 1. The first-order valence-electron chi connectivity index (χ1n) is 5.69. The van der Waals surface area contributed by atoms with Crippen molar-refractivity contribution >= 4 is 11.6 Å². The Hall–Kier alpha value is -1.91. The van der Waals surface area contributed by atoms with Crippen LogP contribution in [-0.2, 0) is 0 Å².